The van der Waals surface area contributed by atoms with Gasteiger partial charge in [-0.3, -0.25) is 0 Å². The normalized spacial score (nSPS) is 12.2. The van der Waals surface area contributed by atoms with Crippen molar-refractivity contribution in [3.8, 4) is 5.75 Å². The molecule has 0 saturated carbocycles. The van der Waals surface area contributed by atoms with E-state index in [2.05, 4.69) is 52.9 Å². The monoisotopic (exact) mass is 289 g/mol. The van der Waals surface area contributed by atoms with Gasteiger partial charge in [0.15, 0.2) is 0 Å². The summed E-state index contributed by atoms with van der Waals surface area (Å²) in [4.78, 5) is 0. The standard InChI is InChI=1S/C18H30NO.2Li/c1-16(2,3)12-10-13(17(4,5)6)15(20)14(11-12)19-18(7,8)9;;/h10-11,20H,1-9H3;;/q-1;2*+1/p-1. The summed E-state index contributed by atoms with van der Waals surface area (Å²) in [7, 11) is 0. The molecule has 0 saturated heterocycles. The molecule has 114 valence electrons. The first-order valence-electron chi connectivity index (χ1n) is 7.31. The molecule has 0 aliphatic rings. The largest absolute Gasteiger partial charge is 1.00 e. The third-order valence-corrected chi connectivity index (χ3v) is 3.20. The van der Waals surface area contributed by atoms with Gasteiger partial charge in [-0.2, -0.15) is 0 Å². The SMILES string of the molecule is CC(C)(C)[N-]c1cc(C(C)(C)C)cc(C(C)(C)C)c1[O-].[Li+].[Li+]. The van der Waals surface area contributed by atoms with Crippen LogP contribution < -0.4 is 42.8 Å². The molecule has 2 nitrogen and oxygen atoms in total. The van der Waals surface area contributed by atoms with Crippen LogP contribution in [0.25, 0.3) is 5.32 Å². The molecular formula is C18H29Li2NO. The maximum Gasteiger partial charge on any atom is 1.00 e. The van der Waals surface area contributed by atoms with Gasteiger partial charge in [-0.25, -0.2) is 0 Å². The molecule has 1 aromatic carbocycles. The number of rotatable bonds is 1. The van der Waals surface area contributed by atoms with Crippen LogP contribution >= 0.6 is 0 Å². The summed E-state index contributed by atoms with van der Waals surface area (Å²) < 4.78 is 0. The molecule has 0 aliphatic carbocycles. The predicted octanol–water partition coefficient (Wildman–Crippen LogP) is -0.833. The molecule has 4 heteroatoms. The van der Waals surface area contributed by atoms with E-state index in [-0.39, 0.29) is 59.8 Å². The molecule has 22 heavy (non-hydrogen) atoms. The van der Waals surface area contributed by atoms with Crippen LogP contribution in [0.2, 0.25) is 0 Å². The summed E-state index contributed by atoms with van der Waals surface area (Å²) in [5, 5.41) is 17.3. The van der Waals surface area contributed by atoms with Gasteiger partial charge >= 0.3 is 37.7 Å². The van der Waals surface area contributed by atoms with Gasteiger partial charge in [-0.05, 0) is 16.4 Å². The van der Waals surface area contributed by atoms with Gasteiger partial charge in [0.2, 0.25) is 0 Å². The zero-order chi connectivity index (χ0) is 15.9. The molecule has 0 fully saturated rings. The van der Waals surface area contributed by atoms with Crippen molar-refractivity contribution < 1.29 is 42.8 Å². The van der Waals surface area contributed by atoms with E-state index in [0.717, 1.165) is 5.56 Å². The Morgan fingerprint density at radius 3 is 1.55 bits per heavy atom. The van der Waals surface area contributed by atoms with Crippen LogP contribution in [-0.2, 0) is 10.8 Å². The van der Waals surface area contributed by atoms with Crippen LogP contribution in [0, 0.1) is 0 Å². The van der Waals surface area contributed by atoms with Gasteiger partial charge in [-0.1, -0.05) is 80.0 Å². The molecule has 1 rings (SSSR count). The number of hydrogen-bond acceptors (Lipinski definition) is 1. The van der Waals surface area contributed by atoms with Crippen molar-refractivity contribution in [3.05, 3.63) is 28.6 Å². The van der Waals surface area contributed by atoms with Gasteiger partial charge in [-0.15, -0.1) is 17.0 Å². The summed E-state index contributed by atoms with van der Waals surface area (Å²) in [5.74, 6) is 0.0698. The Labute approximate surface area is 161 Å². The van der Waals surface area contributed by atoms with Gasteiger partial charge in [0.05, 0.1) is 0 Å². The average molecular weight is 289 g/mol. The molecule has 0 N–H and O–H groups in total. The van der Waals surface area contributed by atoms with E-state index in [9.17, 15) is 5.11 Å². The molecule has 0 radical (unpaired) electrons. The van der Waals surface area contributed by atoms with Crippen LogP contribution in [0.4, 0.5) is 5.69 Å². The molecule has 0 aliphatic heterocycles. The minimum atomic E-state index is -0.245. The Bertz CT molecular complexity index is 492. The first-order chi connectivity index (χ1) is 8.72. The zero-order valence-corrected chi connectivity index (χ0v) is 16.5. The summed E-state index contributed by atoms with van der Waals surface area (Å²) in [6.45, 7) is 18.8. The molecule has 0 atom stereocenters. The van der Waals surface area contributed by atoms with Crippen LogP contribution in [0.15, 0.2) is 12.1 Å². The Kier molecular flexibility index (Phi) is 8.52. The van der Waals surface area contributed by atoms with Crippen LogP contribution in [0.3, 0.4) is 0 Å². The van der Waals surface area contributed by atoms with Crippen molar-refractivity contribution in [1.29, 1.82) is 0 Å². The van der Waals surface area contributed by atoms with Crippen LogP contribution in [0.5, 0.6) is 5.75 Å². The van der Waals surface area contributed by atoms with Crippen LogP contribution in [0.1, 0.15) is 73.4 Å². The number of hydrogen-bond donors (Lipinski definition) is 0. The Balaban J connectivity index is 0. The summed E-state index contributed by atoms with van der Waals surface area (Å²) >= 11 is 0. The first kappa shape index (κ1) is 24.3. The van der Waals surface area contributed by atoms with Crippen molar-refractivity contribution in [3.63, 3.8) is 0 Å². The molecule has 0 bridgehead atoms. The van der Waals surface area contributed by atoms with E-state index < -0.39 is 0 Å². The van der Waals surface area contributed by atoms with Gasteiger partial charge in [0.25, 0.3) is 0 Å². The van der Waals surface area contributed by atoms with Gasteiger partial charge in [0.1, 0.15) is 0 Å². The van der Waals surface area contributed by atoms with Crippen molar-refractivity contribution in [2.75, 3.05) is 0 Å². The smallest absolute Gasteiger partial charge is 0.873 e. The van der Waals surface area contributed by atoms with E-state index in [1.54, 1.807) is 0 Å². The van der Waals surface area contributed by atoms with Crippen LogP contribution in [-0.4, -0.2) is 5.54 Å². The summed E-state index contributed by atoms with van der Waals surface area (Å²) in [5.41, 5.74) is 2.22. The van der Waals surface area contributed by atoms with Crippen molar-refractivity contribution in [1.82, 2.24) is 0 Å². The maximum absolute atomic E-state index is 12.7. The maximum atomic E-state index is 12.7. The molecule has 0 heterocycles. The topological polar surface area (TPSA) is 37.2 Å². The zero-order valence-electron chi connectivity index (χ0n) is 16.5. The molecule has 1 aromatic rings. The minimum Gasteiger partial charge on any atom is -0.873 e. The Morgan fingerprint density at radius 1 is 0.773 bits per heavy atom. The molecule has 0 unspecified atom stereocenters. The van der Waals surface area contributed by atoms with Gasteiger partial charge < -0.3 is 10.4 Å². The molecular weight excluding hydrogens is 260 g/mol. The van der Waals surface area contributed by atoms with E-state index >= 15 is 0 Å². The van der Waals surface area contributed by atoms with E-state index in [1.807, 2.05) is 26.8 Å². The summed E-state index contributed by atoms with van der Waals surface area (Å²) in [6, 6.07) is 4.02. The summed E-state index contributed by atoms with van der Waals surface area (Å²) in [6.07, 6.45) is 0. The third-order valence-electron chi connectivity index (χ3n) is 3.20. The quantitative estimate of drug-likeness (QED) is 0.622. The fourth-order valence-corrected chi connectivity index (χ4v) is 2.05. The van der Waals surface area contributed by atoms with Gasteiger partial charge in [0, 0.05) is 0 Å². The van der Waals surface area contributed by atoms with E-state index in [0.29, 0.717) is 5.69 Å². The predicted molar refractivity (Wildman–Crippen MR) is 86.1 cm³/mol. The van der Waals surface area contributed by atoms with Crippen molar-refractivity contribution >= 4 is 5.69 Å². The second-order valence-electron chi connectivity index (χ2n) is 8.65. The fraction of sp³-hybridized carbons (Fsp3) is 0.667. The van der Waals surface area contributed by atoms with Crippen molar-refractivity contribution in [2.24, 2.45) is 0 Å². The fourth-order valence-electron chi connectivity index (χ4n) is 2.05. The first-order valence-corrected chi connectivity index (χ1v) is 7.31. The molecule has 0 aromatic heterocycles. The Hall–Kier alpha value is 0.0148. The number of nitrogens with zero attached hydrogens (tertiary/aromatic N) is 1. The van der Waals surface area contributed by atoms with E-state index in [4.69, 9.17) is 0 Å². The molecule has 0 amide bonds. The second-order valence-corrected chi connectivity index (χ2v) is 8.65. The second kappa shape index (κ2) is 7.72. The van der Waals surface area contributed by atoms with Crippen molar-refractivity contribution in [2.45, 2.75) is 78.7 Å². The Morgan fingerprint density at radius 2 is 1.23 bits per heavy atom. The number of benzene rings is 1. The molecule has 0 spiro atoms. The van der Waals surface area contributed by atoms with E-state index in [1.165, 1.54) is 5.56 Å². The average Bonchev–Trinajstić information content (AvgIpc) is 2.15. The third kappa shape index (κ3) is 6.64. The minimum absolute atomic E-state index is 0.